The Morgan fingerprint density at radius 3 is 2.53 bits per heavy atom. The van der Waals surface area contributed by atoms with Gasteiger partial charge < -0.3 is 5.73 Å². The first-order chi connectivity index (χ1) is 8.33. The van der Waals surface area contributed by atoms with Crippen molar-refractivity contribution < 1.29 is 0 Å². The molecule has 0 fully saturated rings. The zero-order chi connectivity index (χ0) is 11.7. The molecule has 3 nitrogen and oxygen atoms in total. The molecule has 0 atom stereocenters. The molecule has 0 aliphatic carbocycles. The molecular weight excluding hydrogens is 250 g/mol. The van der Waals surface area contributed by atoms with Crippen molar-refractivity contribution in [3.63, 3.8) is 0 Å². The van der Waals surface area contributed by atoms with Gasteiger partial charge in [-0.05, 0) is 12.1 Å². The Bertz CT molecular complexity index is 612. The first kappa shape index (κ1) is 10.4. The van der Waals surface area contributed by atoms with Crippen molar-refractivity contribution in [1.29, 1.82) is 0 Å². The summed E-state index contributed by atoms with van der Waals surface area (Å²) in [5.41, 5.74) is 11.2. The average Bonchev–Trinajstić information content (AvgIpc) is 3.00. The number of hydrogen-bond acceptors (Lipinski definition) is 5. The topological polar surface area (TPSA) is 51.8 Å². The van der Waals surface area contributed by atoms with E-state index in [1.807, 2.05) is 40.5 Å². The summed E-state index contributed by atoms with van der Waals surface area (Å²) < 4.78 is 0. The van der Waals surface area contributed by atoms with Crippen LogP contribution < -0.4 is 5.73 Å². The van der Waals surface area contributed by atoms with Crippen LogP contribution in [0.15, 0.2) is 40.5 Å². The minimum atomic E-state index is 0.767. The molecule has 2 aromatic heterocycles. The van der Waals surface area contributed by atoms with Crippen LogP contribution >= 0.6 is 22.7 Å². The van der Waals surface area contributed by atoms with Gasteiger partial charge in [0.1, 0.15) is 10.7 Å². The molecule has 3 rings (SSSR count). The van der Waals surface area contributed by atoms with E-state index in [1.54, 1.807) is 22.7 Å². The summed E-state index contributed by atoms with van der Waals surface area (Å²) in [6.07, 6.45) is 0. The maximum Gasteiger partial charge on any atom is 0.143 e. The van der Waals surface area contributed by atoms with Gasteiger partial charge in [-0.3, -0.25) is 0 Å². The summed E-state index contributed by atoms with van der Waals surface area (Å²) in [5.74, 6) is 0. The first-order valence-electron chi connectivity index (χ1n) is 5.03. The summed E-state index contributed by atoms with van der Waals surface area (Å²) in [5, 5.41) is 5.00. The Labute approximate surface area is 107 Å². The second-order valence-corrected chi connectivity index (χ2v) is 5.11. The lowest BCUT2D eigenvalue weighted by Crippen LogP contribution is -1.84. The van der Waals surface area contributed by atoms with Crippen molar-refractivity contribution in [2.24, 2.45) is 0 Å². The predicted octanol–water partition coefficient (Wildman–Crippen LogP) is 3.52. The van der Waals surface area contributed by atoms with Crippen LogP contribution in [0.1, 0.15) is 0 Å². The number of thiazole rings is 2. The summed E-state index contributed by atoms with van der Waals surface area (Å²) in [7, 11) is 0. The Balaban J connectivity index is 1.98. The largest absolute Gasteiger partial charge is 0.399 e. The third kappa shape index (κ3) is 2.07. The van der Waals surface area contributed by atoms with Crippen LogP contribution in [-0.4, -0.2) is 9.97 Å². The minimum absolute atomic E-state index is 0.767. The van der Waals surface area contributed by atoms with Crippen molar-refractivity contribution in [3.05, 3.63) is 40.5 Å². The van der Waals surface area contributed by atoms with Gasteiger partial charge >= 0.3 is 0 Å². The highest BCUT2D eigenvalue weighted by Gasteiger charge is 2.07. The number of nitrogens with two attached hydrogens (primary N) is 1. The zero-order valence-electron chi connectivity index (χ0n) is 8.83. The van der Waals surface area contributed by atoms with Gasteiger partial charge in [0, 0.05) is 22.0 Å². The highest BCUT2D eigenvalue weighted by Crippen LogP contribution is 2.28. The van der Waals surface area contributed by atoms with Gasteiger partial charge in [-0.15, -0.1) is 22.7 Å². The minimum Gasteiger partial charge on any atom is -0.399 e. The van der Waals surface area contributed by atoms with Gasteiger partial charge in [0.2, 0.25) is 0 Å². The van der Waals surface area contributed by atoms with Crippen LogP contribution in [0.4, 0.5) is 5.69 Å². The average molecular weight is 259 g/mol. The van der Waals surface area contributed by atoms with Crippen molar-refractivity contribution in [3.8, 4) is 22.0 Å². The van der Waals surface area contributed by atoms with E-state index in [0.717, 1.165) is 27.6 Å². The van der Waals surface area contributed by atoms with Gasteiger partial charge in [-0.25, -0.2) is 9.97 Å². The Morgan fingerprint density at radius 2 is 1.82 bits per heavy atom. The van der Waals surface area contributed by atoms with Crippen molar-refractivity contribution in [2.75, 3.05) is 5.73 Å². The maximum absolute atomic E-state index is 5.66. The lowest BCUT2D eigenvalue weighted by atomic mass is 10.1. The number of anilines is 1. The highest BCUT2D eigenvalue weighted by atomic mass is 32.1. The van der Waals surface area contributed by atoms with Crippen molar-refractivity contribution in [1.82, 2.24) is 9.97 Å². The van der Waals surface area contributed by atoms with Gasteiger partial charge in [0.25, 0.3) is 0 Å². The van der Waals surface area contributed by atoms with E-state index in [0.29, 0.717) is 0 Å². The molecule has 0 saturated carbocycles. The molecule has 0 bridgehead atoms. The molecule has 0 aliphatic rings. The third-order valence-corrected chi connectivity index (χ3v) is 3.81. The van der Waals surface area contributed by atoms with Crippen LogP contribution in [0.2, 0.25) is 0 Å². The SMILES string of the molecule is Nc1ccc(-c2csc(-c3cscn3)n2)cc1. The van der Waals surface area contributed by atoms with Gasteiger partial charge in [-0.1, -0.05) is 12.1 Å². The van der Waals surface area contributed by atoms with Crippen LogP contribution in [0.25, 0.3) is 22.0 Å². The lowest BCUT2D eigenvalue weighted by molar-refractivity contribution is 1.34. The standard InChI is InChI=1S/C12H9N3S2/c13-9-3-1-8(2-4-9)10-6-17-12(15-10)11-5-16-7-14-11/h1-7H,13H2. The van der Waals surface area contributed by atoms with E-state index in [2.05, 4.69) is 9.97 Å². The molecule has 0 unspecified atom stereocenters. The van der Waals surface area contributed by atoms with Crippen LogP contribution in [0.3, 0.4) is 0 Å². The zero-order valence-corrected chi connectivity index (χ0v) is 10.5. The second-order valence-electron chi connectivity index (χ2n) is 3.53. The summed E-state index contributed by atoms with van der Waals surface area (Å²) >= 11 is 3.19. The number of nitrogen functional groups attached to an aromatic ring is 1. The van der Waals surface area contributed by atoms with Gasteiger partial charge in [-0.2, -0.15) is 0 Å². The number of benzene rings is 1. The van der Waals surface area contributed by atoms with Gasteiger partial charge in [0.05, 0.1) is 11.2 Å². The highest BCUT2D eigenvalue weighted by molar-refractivity contribution is 7.14. The van der Waals surface area contributed by atoms with Crippen LogP contribution in [0.5, 0.6) is 0 Å². The summed E-state index contributed by atoms with van der Waals surface area (Å²) in [4.78, 5) is 8.83. The van der Waals surface area contributed by atoms with E-state index < -0.39 is 0 Å². The van der Waals surface area contributed by atoms with Crippen LogP contribution in [0, 0.1) is 0 Å². The molecule has 17 heavy (non-hydrogen) atoms. The maximum atomic E-state index is 5.66. The molecule has 5 heteroatoms. The monoisotopic (exact) mass is 259 g/mol. The molecule has 2 heterocycles. The normalized spacial score (nSPS) is 10.6. The fourth-order valence-corrected chi connectivity index (χ4v) is 2.90. The Kier molecular flexibility index (Phi) is 2.62. The van der Waals surface area contributed by atoms with E-state index >= 15 is 0 Å². The predicted molar refractivity (Wildman–Crippen MR) is 73.1 cm³/mol. The molecule has 0 saturated heterocycles. The second kappa shape index (κ2) is 4.27. The lowest BCUT2D eigenvalue weighted by Gasteiger charge is -1.96. The number of aromatic nitrogens is 2. The Hall–Kier alpha value is -1.72. The van der Waals surface area contributed by atoms with Gasteiger partial charge in [0.15, 0.2) is 0 Å². The molecular formula is C12H9N3S2. The molecule has 2 N–H and O–H groups in total. The van der Waals surface area contributed by atoms with E-state index in [4.69, 9.17) is 5.73 Å². The van der Waals surface area contributed by atoms with Crippen LogP contribution in [-0.2, 0) is 0 Å². The molecule has 0 aliphatic heterocycles. The molecule has 3 aromatic rings. The number of hydrogen-bond donors (Lipinski definition) is 1. The fraction of sp³-hybridized carbons (Fsp3) is 0. The van der Waals surface area contributed by atoms with E-state index in [-0.39, 0.29) is 0 Å². The Morgan fingerprint density at radius 1 is 1.00 bits per heavy atom. The molecule has 1 aromatic carbocycles. The van der Waals surface area contributed by atoms with Crippen molar-refractivity contribution >= 4 is 28.4 Å². The quantitative estimate of drug-likeness (QED) is 0.716. The number of nitrogens with zero attached hydrogens (tertiary/aromatic N) is 2. The first-order valence-corrected chi connectivity index (χ1v) is 6.85. The molecule has 0 radical (unpaired) electrons. The van der Waals surface area contributed by atoms with E-state index in [1.165, 1.54) is 0 Å². The summed E-state index contributed by atoms with van der Waals surface area (Å²) in [6.45, 7) is 0. The number of rotatable bonds is 2. The third-order valence-electron chi connectivity index (χ3n) is 2.36. The molecule has 0 spiro atoms. The van der Waals surface area contributed by atoms with Crippen molar-refractivity contribution in [2.45, 2.75) is 0 Å². The summed E-state index contributed by atoms with van der Waals surface area (Å²) in [6, 6.07) is 7.73. The molecule has 0 amide bonds. The molecule has 84 valence electrons. The smallest absolute Gasteiger partial charge is 0.143 e. The van der Waals surface area contributed by atoms with E-state index in [9.17, 15) is 0 Å². The fourth-order valence-electron chi connectivity index (χ4n) is 1.50.